The molecule has 1 heterocycles. The maximum atomic E-state index is 12.0. The third-order valence-corrected chi connectivity index (χ3v) is 4.51. The first-order chi connectivity index (χ1) is 10.4. The normalized spacial score (nSPS) is 26.0. The topological polar surface area (TPSA) is 67.6 Å². The quantitative estimate of drug-likeness (QED) is 0.782. The number of rotatable bonds is 4. The van der Waals surface area contributed by atoms with Crippen molar-refractivity contribution in [3.8, 4) is 0 Å². The van der Waals surface area contributed by atoms with E-state index in [9.17, 15) is 4.79 Å². The minimum atomic E-state index is -0.428. The highest BCUT2D eigenvalue weighted by atomic mass is 16.6. The van der Waals surface area contributed by atoms with Gasteiger partial charge in [0.05, 0.1) is 0 Å². The van der Waals surface area contributed by atoms with Crippen LogP contribution in [0.5, 0.6) is 0 Å². The molecular formula is C17H31N3O2. The Morgan fingerprint density at radius 2 is 2.23 bits per heavy atom. The van der Waals surface area contributed by atoms with Gasteiger partial charge in [-0.3, -0.25) is 0 Å². The number of amides is 1. The second-order valence-corrected chi connectivity index (χ2v) is 7.45. The Morgan fingerprint density at radius 3 is 2.82 bits per heavy atom. The van der Waals surface area contributed by atoms with Gasteiger partial charge in [-0.1, -0.05) is 18.1 Å². The average molecular weight is 309 g/mol. The van der Waals surface area contributed by atoms with Crippen molar-refractivity contribution in [3.05, 3.63) is 11.6 Å². The molecule has 0 saturated heterocycles. The van der Waals surface area contributed by atoms with E-state index in [2.05, 4.69) is 11.4 Å². The fourth-order valence-electron chi connectivity index (χ4n) is 3.21. The lowest BCUT2D eigenvalue weighted by Gasteiger charge is -2.30. The average Bonchev–Trinajstić information content (AvgIpc) is 2.91. The molecule has 126 valence electrons. The van der Waals surface area contributed by atoms with E-state index in [0.29, 0.717) is 18.5 Å². The van der Waals surface area contributed by atoms with Crippen LogP contribution in [-0.2, 0) is 4.74 Å². The minimum absolute atomic E-state index is 0.213. The molecule has 5 heteroatoms. The molecule has 1 aliphatic carbocycles. The van der Waals surface area contributed by atoms with Crippen LogP contribution in [0.4, 0.5) is 4.79 Å². The Morgan fingerprint density at radius 1 is 1.45 bits per heavy atom. The number of ether oxygens (including phenoxy) is 1. The Hall–Kier alpha value is -1.07. The van der Waals surface area contributed by atoms with Gasteiger partial charge in [-0.25, -0.2) is 4.79 Å². The highest BCUT2D eigenvalue weighted by Crippen LogP contribution is 2.25. The van der Waals surface area contributed by atoms with Gasteiger partial charge in [0.15, 0.2) is 0 Å². The van der Waals surface area contributed by atoms with Crippen LogP contribution in [0.2, 0.25) is 0 Å². The molecule has 2 atom stereocenters. The first-order valence-electron chi connectivity index (χ1n) is 8.48. The van der Waals surface area contributed by atoms with E-state index in [1.54, 1.807) is 4.90 Å². The Kier molecular flexibility index (Phi) is 5.87. The summed E-state index contributed by atoms with van der Waals surface area (Å²) >= 11 is 0. The third-order valence-electron chi connectivity index (χ3n) is 4.51. The summed E-state index contributed by atoms with van der Waals surface area (Å²) in [5, 5.41) is 3.65. The van der Waals surface area contributed by atoms with Crippen LogP contribution in [-0.4, -0.2) is 48.8 Å². The van der Waals surface area contributed by atoms with E-state index >= 15 is 0 Å². The summed E-state index contributed by atoms with van der Waals surface area (Å²) in [6, 6.07) is 0.565. The molecule has 0 aromatic heterocycles. The zero-order valence-electron chi connectivity index (χ0n) is 14.2. The maximum Gasteiger partial charge on any atom is 0.410 e. The summed E-state index contributed by atoms with van der Waals surface area (Å²) in [7, 11) is 0. The lowest BCUT2D eigenvalue weighted by Crippen LogP contribution is -2.41. The monoisotopic (exact) mass is 309 g/mol. The Bertz CT molecular complexity index is 415. The van der Waals surface area contributed by atoms with E-state index in [0.717, 1.165) is 26.1 Å². The second-order valence-electron chi connectivity index (χ2n) is 7.45. The molecule has 2 rings (SSSR count). The zero-order chi connectivity index (χ0) is 16.2. The summed E-state index contributed by atoms with van der Waals surface area (Å²) in [6.07, 6.45) is 6.64. The number of nitrogens with zero attached hydrogens (tertiary/aromatic N) is 1. The van der Waals surface area contributed by atoms with Crippen molar-refractivity contribution in [1.29, 1.82) is 0 Å². The molecule has 0 radical (unpaired) electrons. The smallest absolute Gasteiger partial charge is 0.410 e. The van der Waals surface area contributed by atoms with Crippen LogP contribution >= 0.6 is 0 Å². The molecule has 1 saturated carbocycles. The van der Waals surface area contributed by atoms with E-state index in [-0.39, 0.29) is 6.09 Å². The molecule has 0 bridgehead atoms. The highest BCUT2D eigenvalue weighted by Gasteiger charge is 2.27. The maximum absolute atomic E-state index is 12.0. The van der Waals surface area contributed by atoms with Gasteiger partial charge in [-0.2, -0.15) is 0 Å². The minimum Gasteiger partial charge on any atom is -0.444 e. The van der Waals surface area contributed by atoms with Gasteiger partial charge in [0.2, 0.25) is 0 Å². The lowest BCUT2D eigenvalue weighted by atomic mass is 10.0. The summed E-state index contributed by atoms with van der Waals surface area (Å²) in [5.41, 5.74) is 6.79. The number of carbonyl (C=O) groups is 1. The fourth-order valence-corrected chi connectivity index (χ4v) is 3.21. The van der Waals surface area contributed by atoms with Crippen LogP contribution in [0.25, 0.3) is 0 Å². The Balaban J connectivity index is 1.76. The molecule has 2 aliphatic rings. The summed E-state index contributed by atoms with van der Waals surface area (Å²) in [6.45, 7) is 8.79. The summed E-state index contributed by atoms with van der Waals surface area (Å²) in [5.74, 6) is 0.627. The van der Waals surface area contributed by atoms with Gasteiger partial charge in [0.25, 0.3) is 0 Å². The fraction of sp³-hybridized carbons (Fsp3) is 0.824. The molecule has 5 nitrogen and oxygen atoms in total. The van der Waals surface area contributed by atoms with Gasteiger partial charge < -0.3 is 20.7 Å². The molecule has 0 spiro atoms. The lowest BCUT2D eigenvalue weighted by molar-refractivity contribution is 0.0265. The number of nitrogens with one attached hydrogen (secondary N) is 1. The van der Waals surface area contributed by atoms with Crippen molar-refractivity contribution < 1.29 is 9.53 Å². The number of hydrogen-bond donors (Lipinski definition) is 2. The van der Waals surface area contributed by atoms with Crippen LogP contribution in [0.3, 0.4) is 0 Å². The highest BCUT2D eigenvalue weighted by molar-refractivity contribution is 5.68. The van der Waals surface area contributed by atoms with Crippen LogP contribution < -0.4 is 11.1 Å². The molecular weight excluding hydrogens is 278 g/mol. The summed E-state index contributed by atoms with van der Waals surface area (Å²) < 4.78 is 5.41. The number of carbonyl (C=O) groups excluding carboxylic acids is 1. The number of nitrogens with two attached hydrogens (primary N) is 1. The van der Waals surface area contributed by atoms with Crippen molar-refractivity contribution in [2.75, 3.05) is 26.2 Å². The molecule has 1 fully saturated rings. The molecule has 1 amide bonds. The van der Waals surface area contributed by atoms with Crippen LogP contribution in [0, 0.1) is 5.92 Å². The van der Waals surface area contributed by atoms with Gasteiger partial charge >= 0.3 is 6.09 Å². The predicted molar refractivity (Wildman–Crippen MR) is 88.7 cm³/mol. The molecule has 1 aliphatic heterocycles. The van der Waals surface area contributed by atoms with Crippen molar-refractivity contribution in [2.24, 2.45) is 11.7 Å². The molecule has 2 unspecified atom stereocenters. The molecule has 0 aromatic rings. The first kappa shape index (κ1) is 17.3. The van der Waals surface area contributed by atoms with Crippen LogP contribution in [0.15, 0.2) is 11.6 Å². The Labute approximate surface area is 134 Å². The van der Waals surface area contributed by atoms with Crippen molar-refractivity contribution in [3.63, 3.8) is 0 Å². The second kappa shape index (κ2) is 7.47. The van der Waals surface area contributed by atoms with Crippen molar-refractivity contribution in [2.45, 2.75) is 58.1 Å². The van der Waals surface area contributed by atoms with Crippen molar-refractivity contribution >= 4 is 6.09 Å². The zero-order valence-corrected chi connectivity index (χ0v) is 14.2. The third kappa shape index (κ3) is 4.99. The van der Waals surface area contributed by atoms with Crippen molar-refractivity contribution in [1.82, 2.24) is 10.2 Å². The van der Waals surface area contributed by atoms with E-state index in [4.69, 9.17) is 10.5 Å². The van der Waals surface area contributed by atoms with Gasteiger partial charge in [0, 0.05) is 25.7 Å². The van der Waals surface area contributed by atoms with E-state index in [1.165, 1.54) is 24.8 Å². The van der Waals surface area contributed by atoms with Gasteiger partial charge in [-0.15, -0.1) is 0 Å². The predicted octanol–water partition coefficient (Wildman–Crippen LogP) is 2.27. The molecule has 0 aromatic carbocycles. The summed E-state index contributed by atoms with van der Waals surface area (Å²) in [4.78, 5) is 13.8. The molecule has 22 heavy (non-hydrogen) atoms. The molecule has 3 N–H and O–H groups in total. The van der Waals surface area contributed by atoms with E-state index in [1.807, 2.05) is 20.8 Å². The standard InChI is InChI=1S/C17H31N3O2/c1-17(2,3)22-16(21)20-9-7-13(8-10-20)12-19-15-6-4-5-14(15)11-18/h7,14-15,19H,4-6,8-12,18H2,1-3H3. The van der Waals surface area contributed by atoms with E-state index < -0.39 is 5.60 Å². The SMILES string of the molecule is CC(C)(C)OC(=O)N1CC=C(CNC2CCCC2CN)CC1. The van der Waals surface area contributed by atoms with Gasteiger partial charge in [0.1, 0.15) is 5.60 Å². The van der Waals surface area contributed by atoms with Gasteiger partial charge in [-0.05, 0) is 52.5 Å². The largest absolute Gasteiger partial charge is 0.444 e. The first-order valence-corrected chi connectivity index (χ1v) is 8.48. The van der Waals surface area contributed by atoms with Crippen LogP contribution in [0.1, 0.15) is 46.5 Å². The number of hydrogen-bond acceptors (Lipinski definition) is 4.